The fraction of sp³-hybridized carbons (Fsp3) is 0.412. The van der Waals surface area contributed by atoms with Crippen LogP contribution in [0.1, 0.15) is 63.7 Å². The van der Waals surface area contributed by atoms with E-state index in [1.807, 2.05) is 14.0 Å². The molecule has 10 heteroatoms. The summed E-state index contributed by atoms with van der Waals surface area (Å²) in [5.41, 5.74) is 4.16. The minimum Gasteiger partial charge on any atom is -0.504 e. The number of amides is 2. The first-order chi connectivity index (χ1) is 21.0. The number of rotatable bonds is 4. The highest BCUT2D eigenvalue weighted by Gasteiger charge is 2.57. The molecule has 0 radical (unpaired) electrons. The number of hydrogen-bond donors (Lipinski definition) is 1. The number of carbonyl (C=O) groups is 4. The molecule has 0 saturated carbocycles. The lowest BCUT2D eigenvalue weighted by molar-refractivity contribution is -0.123. The molecular weight excluding hydrogens is 562 g/mol. The van der Waals surface area contributed by atoms with Crippen molar-refractivity contribution < 1.29 is 33.8 Å². The zero-order valence-corrected chi connectivity index (χ0v) is 25.6. The fourth-order valence-corrected chi connectivity index (χ4v) is 8.58. The number of likely N-dealkylation sites (N-methyl/N-ethyl adjacent to an activating group) is 1. The molecule has 5 atom stereocenters. The van der Waals surface area contributed by atoms with Crippen molar-refractivity contribution >= 4 is 23.4 Å². The van der Waals surface area contributed by atoms with Crippen molar-refractivity contribution in [3.05, 3.63) is 80.6 Å². The van der Waals surface area contributed by atoms with Crippen molar-refractivity contribution in [1.82, 2.24) is 14.7 Å². The van der Waals surface area contributed by atoms with Gasteiger partial charge in [0.2, 0.25) is 5.78 Å². The van der Waals surface area contributed by atoms with Gasteiger partial charge in [0.25, 0.3) is 11.8 Å². The summed E-state index contributed by atoms with van der Waals surface area (Å²) in [6.45, 7) is 5.50. The van der Waals surface area contributed by atoms with Crippen molar-refractivity contribution in [1.29, 1.82) is 0 Å². The van der Waals surface area contributed by atoms with Gasteiger partial charge in [-0.15, -0.1) is 0 Å². The number of ether oxygens (including phenoxy) is 2. The summed E-state index contributed by atoms with van der Waals surface area (Å²) in [4.78, 5) is 60.9. The lowest BCUT2D eigenvalue weighted by Gasteiger charge is -2.61. The number of aryl methyl sites for hydroxylation is 1. The zero-order chi connectivity index (χ0) is 31.4. The van der Waals surface area contributed by atoms with Gasteiger partial charge in [-0.1, -0.05) is 18.2 Å². The van der Waals surface area contributed by atoms with Crippen LogP contribution < -0.4 is 4.74 Å². The van der Waals surface area contributed by atoms with Gasteiger partial charge < -0.3 is 14.6 Å². The monoisotopic (exact) mass is 597 g/mol. The smallest absolute Gasteiger partial charge is 0.261 e. The third-order valence-corrected chi connectivity index (χ3v) is 10.5. The predicted octanol–water partition coefficient (Wildman–Crippen LogP) is 3.12. The summed E-state index contributed by atoms with van der Waals surface area (Å²) < 4.78 is 11.1. The first-order valence-corrected chi connectivity index (χ1v) is 14.9. The molecule has 10 nitrogen and oxygen atoms in total. The number of phenols is 1. The van der Waals surface area contributed by atoms with E-state index in [9.17, 15) is 24.3 Å². The molecule has 7 rings (SSSR count). The maximum absolute atomic E-state index is 14.1. The van der Waals surface area contributed by atoms with E-state index in [0.29, 0.717) is 28.9 Å². The maximum Gasteiger partial charge on any atom is 0.261 e. The van der Waals surface area contributed by atoms with Crippen LogP contribution in [0.4, 0.5) is 0 Å². The van der Waals surface area contributed by atoms with Crippen LogP contribution in [0.3, 0.4) is 0 Å². The fourth-order valence-electron chi connectivity index (χ4n) is 8.58. The van der Waals surface area contributed by atoms with E-state index in [2.05, 4.69) is 22.8 Å². The third kappa shape index (κ3) is 3.61. The number of phenolic OH excluding ortho intramolecular Hbond substituents is 1. The second-order valence-electron chi connectivity index (χ2n) is 12.5. The van der Waals surface area contributed by atoms with Gasteiger partial charge in [-0.25, -0.2) is 0 Å². The summed E-state index contributed by atoms with van der Waals surface area (Å²) in [5.74, 6) is -1.04. The average molecular weight is 598 g/mol. The molecule has 44 heavy (non-hydrogen) atoms. The quantitative estimate of drug-likeness (QED) is 0.419. The largest absolute Gasteiger partial charge is 0.504 e. The van der Waals surface area contributed by atoms with E-state index >= 15 is 0 Å². The number of carbonyl (C=O) groups excluding carboxylic acids is 4. The number of Topliss-reactive ketones (excluding diaryl/α,β-unsaturated/α-hetero) is 2. The molecule has 0 unspecified atom stereocenters. The molecule has 2 bridgehead atoms. The Hall–Kier alpha value is -4.28. The van der Waals surface area contributed by atoms with Gasteiger partial charge in [0.05, 0.1) is 37.4 Å². The van der Waals surface area contributed by atoms with E-state index in [0.717, 1.165) is 16.7 Å². The second kappa shape index (κ2) is 9.87. The van der Waals surface area contributed by atoms with Gasteiger partial charge in [-0.05, 0) is 63.9 Å². The van der Waals surface area contributed by atoms with Crippen molar-refractivity contribution in [3.8, 4) is 11.5 Å². The highest BCUT2D eigenvalue weighted by molar-refractivity contribution is 6.25. The number of hydrogen-bond acceptors (Lipinski definition) is 9. The number of imide groups is 1. The van der Waals surface area contributed by atoms with E-state index in [1.165, 1.54) is 19.1 Å². The number of aromatic hydroxyl groups is 1. The van der Waals surface area contributed by atoms with Crippen molar-refractivity contribution in [2.75, 3.05) is 27.8 Å². The summed E-state index contributed by atoms with van der Waals surface area (Å²) >= 11 is 0. The Labute approximate surface area is 255 Å². The molecule has 2 aromatic rings. The van der Waals surface area contributed by atoms with Gasteiger partial charge in [0.15, 0.2) is 23.0 Å². The molecule has 4 heterocycles. The Balaban J connectivity index is 1.41. The van der Waals surface area contributed by atoms with Crippen molar-refractivity contribution in [2.45, 2.75) is 63.8 Å². The Morgan fingerprint density at radius 2 is 1.59 bits per heavy atom. The second-order valence-corrected chi connectivity index (χ2v) is 12.5. The van der Waals surface area contributed by atoms with Crippen LogP contribution in [-0.2, 0) is 20.7 Å². The summed E-state index contributed by atoms with van der Waals surface area (Å²) in [6.07, 6.45) is 0.903. The van der Waals surface area contributed by atoms with Crippen LogP contribution in [0.2, 0.25) is 0 Å². The van der Waals surface area contributed by atoms with Crippen molar-refractivity contribution in [2.24, 2.45) is 0 Å². The van der Waals surface area contributed by atoms with Gasteiger partial charge in [0, 0.05) is 47.0 Å². The SMILES string of the molecule is COC1=C(C)C(=O)C2=C(C1=O)[C@H](CN1C(=O)c3ccccc3C1=O)N1[C@@H](C)[C@@H]3Cc4cc(C)c(OC)c(O)c4[C@H]([C@@H]1C2)N3C. The van der Waals surface area contributed by atoms with Gasteiger partial charge in [-0.3, -0.25) is 33.9 Å². The highest BCUT2D eigenvalue weighted by atomic mass is 16.5. The standard InChI is InChI=1S/C34H35N3O7/c1-15-11-18-12-22-17(3)37-23(27(35(22)4)25(18)29(39)31(15)43-5)13-21-26(30(40)32(44-6)16(2)28(21)38)24(37)14-36-33(41)19-9-7-8-10-20(19)34(36)42/h7-11,17,22-24,27,39H,12-14H2,1-6H3/t17-,22-,23-,24-,27-/m0/s1. The van der Waals surface area contributed by atoms with E-state index < -0.39 is 23.6 Å². The number of fused-ring (bicyclic) bond motifs is 7. The van der Waals surface area contributed by atoms with Crippen LogP contribution in [0.25, 0.3) is 0 Å². The molecule has 1 N–H and O–H groups in total. The first kappa shape index (κ1) is 28.5. The molecule has 2 aromatic carbocycles. The molecule has 0 spiro atoms. The predicted molar refractivity (Wildman–Crippen MR) is 159 cm³/mol. The van der Waals surface area contributed by atoms with Crippen LogP contribution in [0, 0.1) is 6.92 Å². The Morgan fingerprint density at radius 1 is 0.932 bits per heavy atom. The van der Waals surface area contributed by atoms with Crippen LogP contribution in [-0.4, -0.2) is 95.2 Å². The zero-order valence-electron chi connectivity index (χ0n) is 25.6. The van der Waals surface area contributed by atoms with E-state index in [-0.39, 0.29) is 65.6 Å². The lowest BCUT2D eigenvalue weighted by Crippen LogP contribution is -2.71. The van der Waals surface area contributed by atoms with E-state index in [1.54, 1.807) is 31.2 Å². The first-order valence-electron chi connectivity index (χ1n) is 14.9. The molecule has 2 amide bonds. The summed E-state index contributed by atoms with van der Waals surface area (Å²) in [6, 6.07) is 7.18. The Morgan fingerprint density at radius 3 is 2.20 bits per heavy atom. The molecule has 5 aliphatic rings. The molecule has 1 fully saturated rings. The van der Waals surface area contributed by atoms with Gasteiger partial charge in [0.1, 0.15) is 0 Å². The summed E-state index contributed by atoms with van der Waals surface area (Å²) in [5, 5.41) is 11.6. The number of allylic oxidation sites excluding steroid dienone is 2. The number of benzene rings is 2. The maximum atomic E-state index is 14.1. The van der Waals surface area contributed by atoms with Gasteiger partial charge in [-0.2, -0.15) is 0 Å². The molecule has 4 aliphatic heterocycles. The molecule has 1 aliphatic carbocycles. The topological polar surface area (TPSA) is 117 Å². The minimum absolute atomic E-state index is 0.00339. The van der Waals surface area contributed by atoms with Crippen LogP contribution in [0.15, 0.2) is 52.8 Å². The average Bonchev–Trinajstić information content (AvgIpc) is 3.23. The highest BCUT2D eigenvalue weighted by Crippen LogP contribution is 2.54. The van der Waals surface area contributed by atoms with Gasteiger partial charge >= 0.3 is 0 Å². The number of methoxy groups -OCH3 is 2. The lowest BCUT2D eigenvalue weighted by atomic mass is 9.69. The third-order valence-electron chi connectivity index (χ3n) is 10.5. The van der Waals surface area contributed by atoms with Crippen LogP contribution in [0.5, 0.6) is 11.5 Å². The van der Waals surface area contributed by atoms with E-state index in [4.69, 9.17) is 9.47 Å². The molecule has 0 aromatic heterocycles. The Bertz CT molecular complexity index is 1720. The Kier molecular flexibility index (Phi) is 6.39. The summed E-state index contributed by atoms with van der Waals surface area (Å²) in [7, 11) is 4.94. The number of ketones is 2. The molecule has 228 valence electrons. The molecule has 1 saturated heterocycles. The van der Waals surface area contributed by atoms with Crippen LogP contribution >= 0.6 is 0 Å². The van der Waals surface area contributed by atoms with Crippen molar-refractivity contribution in [3.63, 3.8) is 0 Å². The molecular formula is C34H35N3O7. The minimum atomic E-state index is -0.759. The normalized spacial score (nSPS) is 28.2. The number of piperazine rings is 1. The number of nitrogens with zero attached hydrogens (tertiary/aromatic N) is 3.